The number of hydrogen-bond donors (Lipinski definition) is 1. The third-order valence-electron chi connectivity index (χ3n) is 6.73. The third kappa shape index (κ3) is 7.31. The van der Waals surface area contributed by atoms with E-state index in [2.05, 4.69) is 44.0 Å². The Kier molecular flexibility index (Phi) is 10.5. The molecule has 1 amide bonds. The highest BCUT2D eigenvalue weighted by atomic mass is 35.5. The number of nitrogens with one attached hydrogen (secondary N) is 1. The number of rotatable bonds is 8. The number of amides is 1. The Morgan fingerprint density at radius 1 is 1.08 bits per heavy atom. The maximum absolute atomic E-state index is 12.9. The van der Waals surface area contributed by atoms with Crippen LogP contribution in [-0.4, -0.2) is 83.1 Å². The predicted octanol–water partition coefficient (Wildman–Crippen LogP) is 4.80. The van der Waals surface area contributed by atoms with Crippen LogP contribution in [0.1, 0.15) is 36.8 Å². The van der Waals surface area contributed by atoms with Gasteiger partial charge in [0.2, 0.25) is 0 Å². The number of hydrogen-bond acceptors (Lipinski definition) is 6. The van der Waals surface area contributed by atoms with Crippen LogP contribution in [0.2, 0.25) is 5.02 Å². The largest absolute Gasteiger partial charge is 0.354 e. The minimum Gasteiger partial charge on any atom is -0.354 e. The molecule has 1 N–H and O–H groups in total. The third-order valence-corrected chi connectivity index (χ3v) is 7.06. The molecule has 3 aromatic rings. The molecule has 0 aliphatic carbocycles. The van der Waals surface area contributed by atoms with E-state index in [0.29, 0.717) is 16.3 Å². The number of nitrogens with zero attached hydrogens (tertiary/aromatic N) is 6. The quantitative estimate of drug-likeness (QED) is 0.456. The van der Waals surface area contributed by atoms with Gasteiger partial charge in [-0.05, 0) is 50.8 Å². The second kappa shape index (κ2) is 13.6. The first-order chi connectivity index (χ1) is 17.9. The van der Waals surface area contributed by atoms with Gasteiger partial charge in [0, 0.05) is 75.7 Å². The molecule has 0 radical (unpaired) electrons. The van der Waals surface area contributed by atoms with Crippen LogP contribution in [0.25, 0.3) is 11.4 Å². The highest BCUT2D eigenvalue weighted by Gasteiger charge is 2.19. The van der Waals surface area contributed by atoms with Crippen molar-refractivity contribution in [2.24, 2.45) is 7.05 Å². The molecule has 2 aromatic heterocycles. The number of carbonyl (C=O) groups is 1. The second-order valence-corrected chi connectivity index (χ2v) is 9.47. The van der Waals surface area contributed by atoms with Gasteiger partial charge in [-0.25, -0.2) is 9.97 Å². The minimum absolute atomic E-state index is 0.210. The fourth-order valence-electron chi connectivity index (χ4n) is 4.10. The Labute approximate surface area is 226 Å². The first-order valence-electron chi connectivity index (χ1n) is 13.1. The Bertz CT molecular complexity index is 1150. The smallest absolute Gasteiger partial charge is 0.257 e. The molecule has 1 saturated heterocycles. The molecule has 1 aliphatic rings. The number of likely N-dealkylation sites (N-methyl/N-ethyl adjacent to an activating group) is 1. The molecule has 9 heteroatoms. The molecule has 0 atom stereocenters. The van der Waals surface area contributed by atoms with Crippen molar-refractivity contribution < 1.29 is 4.79 Å². The van der Waals surface area contributed by atoms with E-state index in [4.69, 9.17) is 11.6 Å². The number of piperazine rings is 1. The molecule has 0 bridgehead atoms. The molecule has 1 aromatic carbocycles. The Morgan fingerprint density at radius 3 is 2.41 bits per heavy atom. The molecule has 1 aliphatic heterocycles. The fraction of sp³-hybridized carbons (Fsp3) is 0.464. The van der Waals surface area contributed by atoms with Crippen molar-refractivity contribution in [2.75, 3.05) is 63.1 Å². The summed E-state index contributed by atoms with van der Waals surface area (Å²) in [4.78, 5) is 29.0. The number of aryl methyl sites for hydroxylation is 1. The van der Waals surface area contributed by atoms with Crippen LogP contribution in [0.5, 0.6) is 0 Å². The Morgan fingerprint density at radius 2 is 1.81 bits per heavy atom. The summed E-state index contributed by atoms with van der Waals surface area (Å²) < 4.78 is 1.97. The summed E-state index contributed by atoms with van der Waals surface area (Å²) in [6.45, 7) is 15.4. The fourth-order valence-corrected chi connectivity index (χ4v) is 4.30. The van der Waals surface area contributed by atoms with Crippen LogP contribution in [0, 0.1) is 6.92 Å². The lowest BCUT2D eigenvalue weighted by Gasteiger charge is -2.36. The zero-order chi connectivity index (χ0) is 26.9. The highest BCUT2D eigenvalue weighted by Crippen LogP contribution is 2.30. The van der Waals surface area contributed by atoms with Gasteiger partial charge in [0.1, 0.15) is 11.6 Å². The van der Waals surface area contributed by atoms with Gasteiger partial charge >= 0.3 is 0 Å². The van der Waals surface area contributed by atoms with Crippen molar-refractivity contribution in [1.29, 1.82) is 0 Å². The van der Waals surface area contributed by atoms with Gasteiger partial charge in [-0.1, -0.05) is 32.4 Å². The van der Waals surface area contributed by atoms with Crippen molar-refractivity contribution >= 4 is 29.0 Å². The van der Waals surface area contributed by atoms with Crippen molar-refractivity contribution in [2.45, 2.75) is 27.7 Å². The molecule has 0 spiro atoms. The SMILES string of the molecule is CC.CCN(C)CCN1CCN(c2ccc(C(=O)Nc3ccc(Cl)c(-c4ncc(C)n4C)c3)cn2)CC1. The molecular formula is C28H40ClN7O. The Hall–Kier alpha value is -2.94. The van der Waals surface area contributed by atoms with E-state index in [1.165, 1.54) is 0 Å². The normalized spacial score (nSPS) is 13.9. The molecule has 3 heterocycles. The van der Waals surface area contributed by atoms with Crippen LogP contribution in [0.3, 0.4) is 0 Å². The van der Waals surface area contributed by atoms with Crippen molar-refractivity contribution in [3.63, 3.8) is 0 Å². The standard InChI is InChI=1S/C26H34ClN7O.C2H6/c1-5-31(3)10-11-33-12-14-34(15-13-33)24-9-6-20(18-28-24)26(35)30-21-7-8-23(27)22(16-21)25-29-17-19(2)32(25)4;1-2/h6-9,16-18H,5,10-15H2,1-4H3,(H,30,35);1-2H3. The first-order valence-corrected chi connectivity index (χ1v) is 13.4. The number of anilines is 2. The van der Waals surface area contributed by atoms with Crippen molar-refractivity contribution in [3.05, 3.63) is 59.0 Å². The molecule has 8 nitrogen and oxygen atoms in total. The van der Waals surface area contributed by atoms with Crippen LogP contribution in [0.4, 0.5) is 11.5 Å². The van der Waals surface area contributed by atoms with E-state index in [-0.39, 0.29) is 5.91 Å². The van der Waals surface area contributed by atoms with Crippen LogP contribution in [-0.2, 0) is 7.05 Å². The van der Waals surface area contributed by atoms with Gasteiger partial charge in [-0.2, -0.15) is 0 Å². The lowest BCUT2D eigenvalue weighted by Crippen LogP contribution is -2.48. The van der Waals surface area contributed by atoms with E-state index in [0.717, 1.165) is 68.7 Å². The zero-order valence-electron chi connectivity index (χ0n) is 23.0. The summed E-state index contributed by atoms with van der Waals surface area (Å²) in [6.07, 6.45) is 3.45. The average Bonchev–Trinajstić information content (AvgIpc) is 3.27. The summed E-state index contributed by atoms with van der Waals surface area (Å²) in [5.74, 6) is 1.45. The van der Waals surface area contributed by atoms with Crippen LogP contribution in [0.15, 0.2) is 42.7 Å². The number of aromatic nitrogens is 3. The molecule has 0 saturated carbocycles. The van der Waals surface area contributed by atoms with Crippen molar-refractivity contribution in [1.82, 2.24) is 24.3 Å². The Balaban J connectivity index is 0.00000186. The molecule has 1 fully saturated rings. The predicted molar refractivity (Wildman–Crippen MR) is 154 cm³/mol. The summed E-state index contributed by atoms with van der Waals surface area (Å²) in [5.41, 5.74) is 2.97. The molecular weight excluding hydrogens is 486 g/mol. The van der Waals surface area contributed by atoms with Gasteiger partial charge in [0.25, 0.3) is 5.91 Å². The monoisotopic (exact) mass is 525 g/mol. The van der Waals surface area contributed by atoms with E-state index >= 15 is 0 Å². The van der Waals surface area contributed by atoms with E-state index < -0.39 is 0 Å². The molecule has 0 unspecified atom stereocenters. The molecule has 37 heavy (non-hydrogen) atoms. The number of imidazole rings is 1. The lowest BCUT2D eigenvalue weighted by molar-refractivity contribution is 0.102. The topological polar surface area (TPSA) is 69.5 Å². The van der Waals surface area contributed by atoms with Gasteiger partial charge < -0.3 is 19.7 Å². The summed E-state index contributed by atoms with van der Waals surface area (Å²) in [5, 5.41) is 3.54. The van der Waals surface area contributed by atoms with E-state index in [9.17, 15) is 4.79 Å². The van der Waals surface area contributed by atoms with Gasteiger partial charge in [0.15, 0.2) is 0 Å². The number of benzene rings is 1. The van der Waals surface area contributed by atoms with Gasteiger partial charge in [-0.15, -0.1) is 0 Å². The number of pyridine rings is 1. The minimum atomic E-state index is -0.210. The zero-order valence-corrected chi connectivity index (χ0v) is 23.7. The van der Waals surface area contributed by atoms with Crippen molar-refractivity contribution in [3.8, 4) is 11.4 Å². The molecule has 200 valence electrons. The summed E-state index contributed by atoms with van der Waals surface area (Å²) in [6, 6.07) is 9.18. The number of halogens is 1. The van der Waals surface area contributed by atoms with E-state index in [1.807, 2.05) is 50.6 Å². The second-order valence-electron chi connectivity index (χ2n) is 9.06. The van der Waals surface area contributed by atoms with Gasteiger partial charge in [-0.3, -0.25) is 9.69 Å². The lowest BCUT2D eigenvalue weighted by atomic mass is 10.1. The van der Waals surface area contributed by atoms with E-state index in [1.54, 1.807) is 24.5 Å². The number of carbonyl (C=O) groups excluding carboxylic acids is 1. The van der Waals surface area contributed by atoms with Gasteiger partial charge in [0.05, 0.1) is 10.6 Å². The maximum atomic E-state index is 12.9. The van der Waals surface area contributed by atoms with Crippen LogP contribution >= 0.6 is 11.6 Å². The summed E-state index contributed by atoms with van der Waals surface area (Å²) in [7, 11) is 4.10. The highest BCUT2D eigenvalue weighted by molar-refractivity contribution is 6.33. The maximum Gasteiger partial charge on any atom is 0.257 e. The summed E-state index contributed by atoms with van der Waals surface area (Å²) >= 11 is 6.42. The average molecular weight is 526 g/mol. The van der Waals surface area contributed by atoms with Crippen LogP contribution < -0.4 is 10.2 Å². The molecule has 4 rings (SSSR count). The first kappa shape index (κ1) is 28.6.